The van der Waals surface area contributed by atoms with Crippen LogP contribution in [-0.4, -0.2) is 16.5 Å². The number of aryl methyl sites for hydroxylation is 1. The Labute approximate surface area is 92.3 Å². The summed E-state index contributed by atoms with van der Waals surface area (Å²) < 4.78 is 0. The van der Waals surface area contributed by atoms with Crippen molar-refractivity contribution in [1.82, 2.24) is 9.97 Å². The molecule has 1 N–H and O–H groups in total. The Morgan fingerprint density at radius 3 is 2.80 bits per heavy atom. The lowest BCUT2D eigenvalue weighted by atomic mass is 10.1. The van der Waals surface area contributed by atoms with E-state index in [9.17, 15) is 0 Å². The van der Waals surface area contributed by atoms with Crippen molar-refractivity contribution in [3.05, 3.63) is 18.0 Å². The first-order valence-electron chi connectivity index (χ1n) is 5.72. The summed E-state index contributed by atoms with van der Waals surface area (Å²) >= 11 is 0. The maximum absolute atomic E-state index is 4.28. The van der Waals surface area contributed by atoms with Crippen molar-refractivity contribution in [3.63, 3.8) is 0 Å². The van der Waals surface area contributed by atoms with Gasteiger partial charge in [0.05, 0.1) is 0 Å². The van der Waals surface area contributed by atoms with E-state index in [0.29, 0.717) is 0 Å². The van der Waals surface area contributed by atoms with E-state index in [1.807, 2.05) is 13.0 Å². The largest absolute Gasteiger partial charge is 0.354 e. The van der Waals surface area contributed by atoms with Crippen LogP contribution in [0.5, 0.6) is 0 Å². The molecule has 0 aromatic carbocycles. The van der Waals surface area contributed by atoms with Crippen LogP contribution in [0.1, 0.15) is 38.8 Å². The predicted molar refractivity (Wildman–Crippen MR) is 63.9 cm³/mol. The topological polar surface area (TPSA) is 37.8 Å². The zero-order chi connectivity index (χ0) is 11.1. The summed E-state index contributed by atoms with van der Waals surface area (Å²) in [6.45, 7) is 7.47. The van der Waals surface area contributed by atoms with E-state index in [4.69, 9.17) is 0 Å². The van der Waals surface area contributed by atoms with Gasteiger partial charge in [0.15, 0.2) is 0 Å². The lowest BCUT2D eigenvalue weighted by molar-refractivity contribution is 0.544. The van der Waals surface area contributed by atoms with E-state index in [2.05, 4.69) is 29.1 Å². The molecule has 0 fully saturated rings. The SMILES string of the molecule is Cc1ccnc(NCCCCC(C)C)n1. The number of rotatable bonds is 6. The molecule has 3 heteroatoms. The zero-order valence-electron chi connectivity index (χ0n) is 9.95. The van der Waals surface area contributed by atoms with Crippen LogP contribution < -0.4 is 5.32 Å². The summed E-state index contributed by atoms with van der Waals surface area (Å²) in [5.74, 6) is 1.56. The van der Waals surface area contributed by atoms with E-state index in [0.717, 1.165) is 24.1 Å². The molecule has 1 aromatic heterocycles. The number of nitrogens with zero attached hydrogens (tertiary/aromatic N) is 2. The third-order valence-electron chi connectivity index (χ3n) is 2.29. The molecule has 1 rings (SSSR count). The fourth-order valence-electron chi connectivity index (χ4n) is 1.41. The third kappa shape index (κ3) is 5.35. The minimum atomic E-state index is 0.750. The van der Waals surface area contributed by atoms with Gasteiger partial charge < -0.3 is 5.32 Å². The Bertz CT molecular complexity index is 284. The average molecular weight is 207 g/mol. The second kappa shape index (κ2) is 6.38. The van der Waals surface area contributed by atoms with Gasteiger partial charge in [0, 0.05) is 18.4 Å². The molecule has 0 spiro atoms. The first-order valence-corrected chi connectivity index (χ1v) is 5.72. The highest BCUT2D eigenvalue weighted by molar-refractivity contribution is 5.24. The van der Waals surface area contributed by atoms with Gasteiger partial charge in [-0.15, -0.1) is 0 Å². The van der Waals surface area contributed by atoms with Crippen molar-refractivity contribution >= 4 is 5.95 Å². The van der Waals surface area contributed by atoms with Gasteiger partial charge in [0.2, 0.25) is 5.95 Å². The lowest BCUT2D eigenvalue weighted by Gasteiger charge is -2.06. The maximum Gasteiger partial charge on any atom is 0.222 e. The van der Waals surface area contributed by atoms with Crippen LogP contribution in [0.2, 0.25) is 0 Å². The van der Waals surface area contributed by atoms with Gasteiger partial charge in [-0.25, -0.2) is 9.97 Å². The second-order valence-electron chi connectivity index (χ2n) is 4.34. The van der Waals surface area contributed by atoms with Crippen molar-refractivity contribution in [3.8, 4) is 0 Å². The van der Waals surface area contributed by atoms with Crippen LogP contribution in [0.3, 0.4) is 0 Å². The number of aromatic nitrogens is 2. The van der Waals surface area contributed by atoms with Gasteiger partial charge in [-0.05, 0) is 25.3 Å². The Morgan fingerprint density at radius 1 is 1.33 bits per heavy atom. The Hall–Kier alpha value is -1.12. The fourth-order valence-corrected chi connectivity index (χ4v) is 1.41. The molecule has 0 atom stereocenters. The highest BCUT2D eigenvalue weighted by Crippen LogP contribution is 2.06. The fraction of sp³-hybridized carbons (Fsp3) is 0.667. The molecule has 0 saturated heterocycles. The van der Waals surface area contributed by atoms with Gasteiger partial charge in [0.25, 0.3) is 0 Å². The molecule has 0 radical (unpaired) electrons. The minimum Gasteiger partial charge on any atom is -0.354 e. The third-order valence-corrected chi connectivity index (χ3v) is 2.29. The molecule has 0 unspecified atom stereocenters. The van der Waals surface area contributed by atoms with Crippen molar-refractivity contribution < 1.29 is 0 Å². The molecule has 0 aliphatic heterocycles. The van der Waals surface area contributed by atoms with Gasteiger partial charge in [0.1, 0.15) is 0 Å². The average Bonchev–Trinajstić information content (AvgIpc) is 2.17. The molecule has 84 valence electrons. The smallest absolute Gasteiger partial charge is 0.222 e. The molecular formula is C12H21N3. The Morgan fingerprint density at radius 2 is 2.13 bits per heavy atom. The van der Waals surface area contributed by atoms with Gasteiger partial charge in [-0.1, -0.05) is 26.7 Å². The first kappa shape index (κ1) is 12.0. The molecule has 3 nitrogen and oxygen atoms in total. The molecule has 0 aliphatic carbocycles. The lowest BCUT2D eigenvalue weighted by Crippen LogP contribution is -2.05. The maximum atomic E-state index is 4.28. The number of unbranched alkanes of at least 4 members (excludes halogenated alkanes) is 1. The molecule has 1 heterocycles. The summed E-state index contributed by atoms with van der Waals surface area (Å²) in [4.78, 5) is 8.43. The summed E-state index contributed by atoms with van der Waals surface area (Å²) in [6.07, 6.45) is 5.56. The monoisotopic (exact) mass is 207 g/mol. The number of anilines is 1. The molecule has 0 saturated carbocycles. The summed E-state index contributed by atoms with van der Waals surface area (Å²) in [6, 6.07) is 1.91. The van der Waals surface area contributed by atoms with E-state index in [1.54, 1.807) is 6.20 Å². The van der Waals surface area contributed by atoms with Crippen LogP contribution in [-0.2, 0) is 0 Å². The van der Waals surface area contributed by atoms with Crippen LogP contribution in [0.15, 0.2) is 12.3 Å². The van der Waals surface area contributed by atoms with Crippen molar-refractivity contribution in [1.29, 1.82) is 0 Å². The van der Waals surface area contributed by atoms with E-state index < -0.39 is 0 Å². The number of nitrogens with one attached hydrogen (secondary N) is 1. The zero-order valence-corrected chi connectivity index (χ0v) is 9.95. The molecule has 0 bridgehead atoms. The van der Waals surface area contributed by atoms with E-state index in [-0.39, 0.29) is 0 Å². The van der Waals surface area contributed by atoms with Gasteiger partial charge in [-0.2, -0.15) is 0 Å². The van der Waals surface area contributed by atoms with Crippen LogP contribution in [0.4, 0.5) is 5.95 Å². The Balaban J connectivity index is 2.15. The normalized spacial score (nSPS) is 10.7. The number of hydrogen-bond acceptors (Lipinski definition) is 3. The molecule has 15 heavy (non-hydrogen) atoms. The summed E-state index contributed by atoms with van der Waals surface area (Å²) in [7, 11) is 0. The summed E-state index contributed by atoms with van der Waals surface area (Å²) in [5, 5.41) is 3.24. The van der Waals surface area contributed by atoms with Crippen molar-refractivity contribution in [2.45, 2.75) is 40.0 Å². The standard InChI is InChI=1S/C12H21N3/c1-10(2)6-4-5-8-13-12-14-9-7-11(3)15-12/h7,9-10H,4-6,8H2,1-3H3,(H,13,14,15). The minimum absolute atomic E-state index is 0.750. The van der Waals surface area contributed by atoms with E-state index in [1.165, 1.54) is 19.3 Å². The molecule has 0 aliphatic rings. The van der Waals surface area contributed by atoms with Crippen LogP contribution >= 0.6 is 0 Å². The van der Waals surface area contributed by atoms with Crippen molar-refractivity contribution in [2.75, 3.05) is 11.9 Å². The highest BCUT2D eigenvalue weighted by atomic mass is 15.1. The predicted octanol–water partition coefficient (Wildman–Crippen LogP) is 3.02. The number of hydrogen-bond donors (Lipinski definition) is 1. The van der Waals surface area contributed by atoms with Gasteiger partial charge in [-0.3, -0.25) is 0 Å². The molecule has 0 amide bonds. The summed E-state index contributed by atoms with van der Waals surface area (Å²) in [5.41, 5.74) is 1.01. The van der Waals surface area contributed by atoms with Gasteiger partial charge >= 0.3 is 0 Å². The van der Waals surface area contributed by atoms with Crippen LogP contribution in [0.25, 0.3) is 0 Å². The van der Waals surface area contributed by atoms with Crippen molar-refractivity contribution in [2.24, 2.45) is 5.92 Å². The molecule has 1 aromatic rings. The van der Waals surface area contributed by atoms with E-state index >= 15 is 0 Å². The highest BCUT2D eigenvalue weighted by Gasteiger charge is 1.96. The second-order valence-corrected chi connectivity index (χ2v) is 4.34. The van der Waals surface area contributed by atoms with Crippen LogP contribution in [0, 0.1) is 12.8 Å². The Kier molecular flexibility index (Phi) is 5.08. The quantitative estimate of drug-likeness (QED) is 0.729. The first-order chi connectivity index (χ1) is 7.18. The molecular weight excluding hydrogens is 186 g/mol.